The lowest BCUT2D eigenvalue weighted by atomic mass is 10.2. The quantitative estimate of drug-likeness (QED) is 0.683. The van der Waals surface area contributed by atoms with E-state index in [0.29, 0.717) is 10.5 Å². The summed E-state index contributed by atoms with van der Waals surface area (Å²) in [6.45, 7) is -0.590. The van der Waals surface area contributed by atoms with E-state index in [1.165, 1.54) is 31.3 Å². The summed E-state index contributed by atoms with van der Waals surface area (Å²) >= 11 is 8.65. The summed E-state index contributed by atoms with van der Waals surface area (Å²) in [5.41, 5.74) is -1.25. The number of anilines is 1. The zero-order valence-corrected chi connectivity index (χ0v) is 16.9. The van der Waals surface area contributed by atoms with Crippen molar-refractivity contribution < 1.29 is 26.4 Å². The molecule has 0 spiro atoms. The van der Waals surface area contributed by atoms with Crippen LogP contribution in [0.2, 0.25) is 5.02 Å². The van der Waals surface area contributed by atoms with Gasteiger partial charge in [-0.05, 0) is 46.3 Å². The number of carbonyl (C=O) groups excluding carboxylic acids is 1. The van der Waals surface area contributed by atoms with Gasteiger partial charge < -0.3 is 5.32 Å². The Morgan fingerprint density at radius 2 is 1.85 bits per heavy atom. The third-order valence-corrected chi connectivity index (χ3v) is 6.59. The van der Waals surface area contributed by atoms with Gasteiger partial charge >= 0.3 is 6.18 Å². The molecular formula is C16H13BrClF3N2O3S. The number of carbonyl (C=O) groups is 1. The predicted octanol–water partition coefficient (Wildman–Crippen LogP) is 4.38. The summed E-state index contributed by atoms with van der Waals surface area (Å²) in [6.07, 6.45) is -4.68. The Balaban J connectivity index is 2.15. The molecule has 0 unspecified atom stereocenters. The highest BCUT2D eigenvalue weighted by molar-refractivity contribution is 9.10. The molecule has 0 radical (unpaired) electrons. The third kappa shape index (κ3) is 5.22. The highest BCUT2D eigenvalue weighted by atomic mass is 79.9. The van der Waals surface area contributed by atoms with Crippen molar-refractivity contribution in [2.45, 2.75) is 11.1 Å². The molecular weight excluding hydrogens is 473 g/mol. The lowest BCUT2D eigenvalue weighted by molar-refractivity contribution is -0.137. The number of rotatable bonds is 5. The van der Waals surface area contributed by atoms with Crippen LogP contribution >= 0.6 is 27.5 Å². The van der Waals surface area contributed by atoms with Crippen molar-refractivity contribution in [2.24, 2.45) is 0 Å². The average molecular weight is 486 g/mol. The third-order valence-electron chi connectivity index (χ3n) is 3.45. The zero-order chi connectivity index (χ0) is 20.4. The van der Waals surface area contributed by atoms with Crippen LogP contribution in [0.25, 0.3) is 0 Å². The van der Waals surface area contributed by atoms with E-state index in [4.69, 9.17) is 11.6 Å². The Hall–Kier alpha value is -1.62. The number of sulfonamides is 1. The summed E-state index contributed by atoms with van der Waals surface area (Å²) in [6, 6.07) is 8.93. The Kier molecular flexibility index (Phi) is 6.56. The van der Waals surface area contributed by atoms with Crippen molar-refractivity contribution in [1.82, 2.24) is 4.31 Å². The Bertz CT molecular complexity index is 968. The number of halogens is 5. The van der Waals surface area contributed by atoms with E-state index < -0.39 is 39.2 Å². The molecule has 27 heavy (non-hydrogen) atoms. The first-order valence-electron chi connectivity index (χ1n) is 7.30. The first-order chi connectivity index (χ1) is 12.4. The minimum absolute atomic E-state index is 0.0360. The Morgan fingerprint density at radius 3 is 2.44 bits per heavy atom. The normalized spacial score (nSPS) is 12.3. The molecule has 0 bridgehead atoms. The lowest BCUT2D eigenvalue weighted by Gasteiger charge is -2.18. The maximum atomic E-state index is 12.9. The van der Waals surface area contributed by atoms with Crippen LogP contribution in [0.5, 0.6) is 0 Å². The number of amides is 1. The smallest absolute Gasteiger partial charge is 0.325 e. The van der Waals surface area contributed by atoms with Crippen molar-refractivity contribution >= 4 is 49.1 Å². The summed E-state index contributed by atoms with van der Waals surface area (Å²) in [4.78, 5) is 12.1. The predicted molar refractivity (Wildman–Crippen MR) is 99.0 cm³/mol. The molecule has 1 amide bonds. The van der Waals surface area contributed by atoms with Gasteiger partial charge in [-0.15, -0.1) is 0 Å². The topological polar surface area (TPSA) is 66.5 Å². The monoisotopic (exact) mass is 484 g/mol. The molecule has 0 aliphatic rings. The number of alkyl halides is 3. The fourth-order valence-electron chi connectivity index (χ4n) is 2.13. The van der Waals surface area contributed by atoms with Gasteiger partial charge in [-0.2, -0.15) is 17.5 Å². The summed E-state index contributed by atoms with van der Waals surface area (Å²) in [7, 11) is -2.78. The second kappa shape index (κ2) is 8.17. The summed E-state index contributed by atoms with van der Waals surface area (Å²) < 4.78 is 64.8. The van der Waals surface area contributed by atoms with Crippen molar-refractivity contribution in [3.63, 3.8) is 0 Å². The number of hydrogen-bond donors (Lipinski definition) is 1. The van der Waals surface area contributed by atoms with E-state index >= 15 is 0 Å². The molecule has 0 fully saturated rings. The van der Waals surface area contributed by atoms with Crippen molar-refractivity contribution in [3.8, 4) is 0 Å². The molecule has 0 heterocycles. The van der Waals surface area contributed by atoms with Crippen LogP contribution < -0.4 is 5.32 Å². The van der Waals surface area contributed by atoms with Gasteiger partial charge in [-0.25, -0.2) is 8.42 Å². The van der Waals surface area contributed by atoms with Gasteiger partial charge in [0, 0.05) is 17.2 Å². The van der Waals surface area contributed by atoms with Crippen molar-refractivity contribution in [2.75, 3.05) is 18.9 Å². The minimum atomic E-state index is -4.68. The number of benzene rings is 2. The van der Waals surface area contributed by atoms with E-state index in [1.54, 1.807) is 6.07 Å². The molecule has 146 valence electrons. The van der Waals surface area contributed by atoms with E-state index in [0.717, 1.165) is 10.4 Å². The molecule has 5 nitrogen and oxygen atoms in total. The fourth-order valence-corrected chi connectivity index (χ4v) is 4.44. The van der Waals surface area contributed by atoms with Crippen LogP contribution in [-0.4, -0.2) is 32.2 Å². The van der Waals surface area contributed by atoms with Crippen LogP contribution in [0.15, 0.2) is 51.8 Å². The standard InChI is InChI=1S/C16H13BrClF3N2O3S/c1-23(27(25,26)14-5-3-2-4-12(14)17)9-15(24)22-10-6-7-13(18)11(8-10)16(19,20)21/h2-8H,9H2,1H3,(H,22,24). The molecule has 0 atom stereocenters. The van der Waals surface area contributed by atoms with Crippen LogP contribution in [0.3, 0.4) is 0 Å². The summed E-state index contributed by atoms with van der Waals surface area (Å²) in [5.74, 6) is -0.802. The van der Waals surface area contributed by atoms with Crippen LogP contribution in [0.4, 0.5) is 18.9 Å². The molecule has 0 saturated carbocycles. The molecule has 0 aliphatic carbocycles. The van der Waals surface area contributed by atoms with E-state index in [1.807, 2.05) is 0 Å². The van der Waals surface area contributed by atoms with E-state index in [9.17, 15) is 26.4 Å². The van der Waals surface area contributed by atoms with Crippen molar-refractivity contribution in [1.29, 1.82) is 0 Å². The van der Waals surface area contributed by atoms with Gasteiger partial charge in [0.1, 0.15) is 0 Å². The highest BCUT2D eigenvalue weighted by Gasteiger charge is 2.33. The van der Waals surface area contributed by atoms with E-state index in [2.05, 4.69) is 21.2 Å². The largest absolute Gasteiger partial charge is 0.417 e. The van der Waals surface area contributed by atoms with Gasteiger partial charge in [0.15, 0.2) is 0 Å². The second-order valence-electron chi connectivity index (χ2n) is 5.43. The Morgan fingerprint density at radius 1 is 1.22 bits per heavy atom. The fraction of sp³-hybridized carbons (Fsp3) is 0.188. The zero-order valence-electron chi connectivity index (χ0n) is 13.7. The first-order valence-corrected chi connectivity index (χ1v) is 9.91. The number of hydrogen-bond acceptors (Lipinski definition) is 3. The molecule has 0 aromatic heterocycles. The first kappa shape index (κ1) is 21.7. The maximum Gasteiger partial charge on any atom is 0.417 e. The van der Waals surface area contributed by atoms with Crippen LogP contribution in [0, 0.1) is 0 Å². The lowest BCUT2D eigenvalue weighted by Crippen LogP contribution is -2.35. The molecule has 2 aromatic carbocycles. The SMILES string of the molecule is CN(CC(=O)Nc1ccc(Cl)c(C(F)(F)F)c1)S(=O)(=O)c1ccccc1Br. The average Bonchev–Trinajstić information content (AvgIpc) is 2.55. The molecule has 2 rings (SSSR count). The van der Waals surface area contributed by atoms with Gasteiger partial charge in [0.25, 0.3) is 0 Å². The molecule has 2 aromatic rings. The van der Waals surface area contributed by atoms with Gasteiger partial charge in [0.2, 0.25) is 15.9 Å². The van der Waals surface area contributed by atoms with Crippen molar-refractivity contribution in [3.05, 3.63) is 57.5 Å². The second-order valence-corrected chi connectivity index (χ2v) is 8.71. The van der Waals surface area contributed by atoms with Gasteiger partial charge in [-0.3, -0.25) is 4.79 Å². The summed E-state index contributed by atoms with van der Waals surface area (Å²) in [5, 5.41) is 1.73. The number of nitrogens with one attached hydrogen (secondary N) is 1. The minimum Gasteiger partial charge on any atom is -0.325 e. The number of likely N-dealkylation sites (N-methyl/N-ethyl adjacent to an activating group) is 1. The Labute approximate surface area is 167 Å². The molecule has 11 heteroatoms. The maximum absolute atomic E-state index is 12.9. The van der Waals surface area contributed by atoms with Crippen LogP contribution in [-0.2, 0) is 21.0 Å². The molecule has 0 aliphatic heterocycles. The van der Waals surface area contributed by atoms with E-state index in [-0.39, 0.29) is 10.6 Å². The highest BCUT2D eigenvalue weighted by Crippen LogP contribution is 2.36. The van der Waals surface area contributed by atoms with Gasteiger partial charge in [0.05, 0.1) is 22.0 Å². The molecule has 1 N–H and O–H groups in total. The number of nitrogens with zero attached hydrogens (tertiary/aromatic N) is 1. The van der Waals surface area contributed by atoms with Crippen LogP contribution in [0.1, 0.15) is 5.56 Å². The molecule has 0 saturated heterocycles. The van der Waals surface area contributed by atoms with Gasteiger partial charge in [-0.1, -0.05) is 23.7 Å².